The SMILES string of the molecule is CC(C)(C)N1C(=O)CC(C(=O)O)C1c1ccc(Br)cc1Cl. The van der Waals surface area contributed by atoms with Crippen molar-refractivity contribution in [3.8, 4) is 0 Å². The Hall–Kier alpha value is -1.07. The van der Waals surface area contributed by atoms with Crippen LogP contribution < -0.4 is 0 Å². The number of amides is 1. The topological polar surface area (TPSA) is 57.6 Å². The molecule has 1 saturated heterocycles. The molecule has 0 saturated carbocycles. The van der Waals surface area contributed by atoms with Gasteiger partial charge in [-0.05, 0) is 38.5 Å². The number of carboxylic acid groups (broad SMARTS) is 1. The third kappa shape index (κ3) is 3.09. The summed E-state index contributed by atoms with van der Waals surface area (Å²) in [5.41, 5.74) is 0.204. The number of halogens is 2. The highest BCUT2D eigenvalue weighted by Gasteiger charge is 2.49. The number of benzene rings is 1. The van der Waals surface area contributed by atoms with E-state index in [-0.39, 0.29) is 12.3 Å². The molecule has 2 unspecified atom stereocenters. The van der Waals surface area contributed by atoms with Crippen molar-refractivity contribution in [1.82, 2.24) is 4.90 Å². The predicted molar refractivity (Wildman–Crippen MR) is 84.2 cm³/mol. The van der Waals surface area contributed by atoms with E-state index in [9.17, 15) is 14.7 Å². The molecule has 0 spiro atoms. The molecule has 21 heavy (non-hydrogen) atoms. The van der Waals surface area contributed by atoms with Gasteiger partial charge in [-0.3, -0.25) is 9.59 Å². The summed E-state index contributed by atoms with van der Waals surface area (Å²) < 4.78 is 0.815. The van der Waals surface area contributed by atoms with Gasteiger partial charge in [-0.1, -0.05) is 33.6 Å². The summed E-state index contributed by atoms with van der Waals surface area (Å²) in [6, 6.07) is 4.77. The number of carbonyl (C=O) groups is 2. The molecule has 1 fully saturated rings. The average molecular weight is 375 g/mol. The van der Waals surface area contributed by atoms with Gasteiger partial charge in [0.2, 0.25) is 5.91 Å². The number of nitrogens with zero attached hydrogens (tertiary/aromatic N) is 1. The van der Waals surface area contributed by atoms with Gasteiger partial charge in [0.1, 0.15) is 0 Å². The van der Waals surface area contributed by atoms with E-state index in [1.165, 1.54) is 0 Å². The highest BCUT2D eigenvalue weighted by Crippen LogP contribution is 2.45. The van der Waals surface area contributed by atoms with Crippen LogP contribution >= 0.6 is 27.5 Å². The van der Waals surface area contributed by atoms with Gasteiger partial charge in [0.05, 0.1) is 12.0 Å². The van der Waals surface area contributed by atoms with E-state index in [2.05, 4.69) is 15.9 Å². The smallest absolute Gasteiger partial charge is 0.309 e. The fraction of sp³-hybridized carbons (Fsp3) is 0.467. The van der Waals surface area contributed by atoms with Crippen LogP contribution in [-0.2, 0) is 9.59 Å². The van der Waals surface area contributed by atoms with Crippen LogP contribution in [-0.4, -0.2) is 27.4 Å². The van der Waals surface area contributed by atoms with E-state index < -0.39 is 23.5 Å². The molecule has 0 bridgehead atoms. The molecule has 0 radical (unpaired) electrons. The van der Waals surface area contributed by atoms with Crippen molar-refractivity contribution < 1.29 is 14.7 Å². The van der Waals surface area contributed by atoms with Gasteiger partial charge >= 0.3 is 5.97 Å². The van der Waals surface area contributed by atoms with E-state index in [4.69, 9.17) is 11.6 Å². The third-order valence-electron chi connectivity index (χ3n) is 3.64. The van der Waals surface area contributed by atoms with Crippen LogP contribution in [0.4, 0.5) is 0 Å². The first-order valence-corrected chi connectivity index (χ1v) is 7.80. The zero-order chi connectivity index (χ0) is 15.9. The molecular weight excluding hydrogens is 358 g/mol. The Kier molecular flexibility index (Phi) is 4.36. The summed E-state index contributed by atoms with van der Waals surface area (Å²) in [4.78, 5) is 25.5. The largest absolute Gasteiger partial charge is 0.481 e. The zero-order valence-corrected chi connectivity index (χ0v) is 14.4. The van der Waals surface area contributed by atoms with Crippen LogP contribution in [0.25, 0.3) is 0 Å². The summed E-state index contributed by atoms with van der Waals surface area (Å²) in [7, 11) is 0. The minimum atomic E-state index is -0.973. The fourth-order valence-corrected chi connectivity index (χ4v) is 3.63. The van der Waals surface area contributed by atoms with Crippen LogP contribution in [0.3, 0.4) is 0 Å². The molecule has 1 aliphatic heterocycles. The predicted octanol–water partition coefficient (Wildman–Crippen LogP) is 3.88. The molecule has 114 valence electrons. The van der Waals surface area contributed by atoms with Gasteiger partial charge in [-0.25, -0.2) is 0 Å². The number of likely N-dealkylation sites (tertiary alicyclic amines) is 1. The minimum absolute atomic E-state index is 0.00363. The van der Waals surface area contributed by atoms with Crippen LogP contribution in [0.2, 0.25) is 5.02 Å². The highest BCUT2D eigenvalue weighted by molar-refractivity contribution is 9.10. The molecule has 2 rings (SSSR count). The van der Waals surface area contributed by atoms with Crippen molar-refractivity contribution in [2.45, 2.75) is 38.8 Å². The Bertz CT molecular complexity index is 597. The third-order valence-corrected chi connectivity index (χ3v) is 4.46. The zero-order valence-electron chi connectivity index (χ0n) is 12.1. The Labute approximate surface area is 137 Å². The Morgan fingerprint density at radius 2 is 2.05 bits per heavy atom. The molecule has 1 amide bonds. The second-order valence-corrected chi connectivity index (χ2v) is 7.52. The second kappa shape index (κ2) is 5.61. The van der Waals surface area contributed by atoms with Gasteiger partial charge in [-0.2, -0.15) is 0 Å². The molecule has 1 aromatic carbocycles. The molecule has 4 nitrogen and oxygen atoms in total. The summed E-state index contributed by atoms with van der Waals surface area (Å²) >= 11 is 9.62. The number of rotatable bonds is 2. The molecular formula is C15H17BrClNO3. The summed E-state index contributed by atoms with van der Waals surface area (Å²) in [5.74, 6) is -1.91. The first-order valence-electron chi connectivity index (χ1n) is 6.63. The maximum atomic E-state index is 12.3. The minimum Gasteiger partial charge on any atom is -0.481 e. The molecule has 0 aliphatic carbocycles. The molecule has 1 aliphatic rings. The Balaban J connectivity index is 2.57. The van der Waals surface area contributed by atoms with Crippen LogP contribution in [0.5, 0.6) is 0 Å². The van der Waals surface area contributed by atoms with Gasteiger partial charge < -0.3 is 10.0 Å². The lowest BCUT2D eigenvalue weighted by Gasteiger charge is -2.38. The van der Waals surface area contributed by atoms with E-state index in [0.717, 1.165) is 4.47 Å². The van der Waals surface area contributed by atoms with Crippen molar-refractivity contribution in [2.24, 2.45) is 5.92 Å². The molecule has 2 atom stereocenters. The maximum Gasteiger partial charge on any atom is 0.309 e. The number of carboxylic acids is 1. The fourth-order valence-electron chi connectivity index (χ4n) is 2.84. The van der Waals surface area contributed by atoms with Crippen molar-refractivity contribution in [1.29, 1.82) is 0 Å². The van der Waals surface area contributed by atoms with E-state index in [1.54, 1.807) is 17.0 Å². The summed E-state index contributed by atoms with van der Waals surface area (Å²) in [6.45, 7) is 5.69. The van der Waals surface area contributed by atoms with Gasteiger partial charge in [0.15, 0.2) is 0 Å². The summed E-state index contributed by atoms with van der Waals surface area (Å²) in [5, 5.41) is 9.92. The Morgan fingerprint density at radius 1 is 1.43 bits per heavy atom. The van der Waals surface area contributed by atoms with Crippen molar-refractivity contribution in [2.75, 3.05) is 0 Å². The van der Waals surface area contributed by atoms with Gasteiger partial charge in [-0.15, -0.1) is 0 Å². The van der Waals surface area contributed by atoms with Crippen LogP contribution in [0.1, 0.15) is 38.8 Å². The van der Waals surface area contributed by atoms with Crippen LogP contribution in [0.15, 0.2) is 22.7 Å². The lowest BCUT2D eigenvalue weighted by atomic mass is 9.91. The lowest BCUT2D eigenvalue weighted by Crippen LogP contribution is -2.44. The first-order chi connectivity index (χ1) is 9.62. The number of carbonyl (C=O) groups excluding carboxylic acids is 1. The first kappa shape index (κ1) is 16.3. The van der Waals surface area contributed by atoms with Crippen molar-refractivity contribution in [3.05, 3.63) is 33.3 Å². The van der Waals surface area contributed by atoms with Crippen LogP contribution in [0, 0.1) is 5.92 Å². The standard InChI is InChI=1S/C15H17BrClNO3/c1-15(2,3)18-12(19)7-10(14(20)21)13(18)9-5-4-8(16)6-11(9)17/h4-6,10,13H,7H2,1-3H3,(H,20,21). The Morgan fingerprint density at radius 3 is 2.52 bits per heavy atom. The molecule has 1 N–H and O–H groups in total. The maximum absolute atomic E-state index is 12.3. The quantitative estimate of drug-likeness (QED) is 0.855. The lowest BCUT2D eigenvalue weighted by molar-refractivity contribution is -0.142. The van der Waals surface area contributed by atoms with Crippen molar-refractivity contribution >= 4 is 39.4 Å². The van der Waals surface area contributed by atoms with Gasteiger partial charge in [0.25, 0.3) is 0 Å². The monoisotopic (exact) mass is 373 g/mol. The van der Waals surface area contributed by atoms with E-state index in [1.807, 2.05) is 26.8 Å². The molecule has 0 aromatic heterocycles. The summed E-state index contributed by atoms with van der Waals surface area (Å²) in [6.07, 6.45) is 0.00363. The normalized spacial score (nSPS) is 22.7. The number of aliphatic carboxylic acids is 1. The number of hydrogen-bond acceptors (Lipinski definition) is 2. The van der Waals surface area contributed by atoms with E-state index >= 15 is 0 Å². The number of hydrogen-bond donors (Lipinski definition) is 1. The average Bonchev–Trinajstić information content (AvgIpc) is 2.66. The van der Waals surface area contributed by atoms with Crippen molar-refractivity contribution in [3.63, 3.8) is 0 Å². The molecule has 1 heterocycles. The van der Waals surface area contributed by atoms with E-state index in [0.29, 0.717) is 10.6 Å². The van der Waals surface area contributed by atoms with Gasteiger partial charge in [0, 0.05) is 21.5 Å². The molecule has 1 aromatic rings. The molecule has 6 heteroatoms. The highest BCUT2D eigenvalue weighted by atomic mass is 79.9. The second-order valence-electron chi connectivity index (χ2n) is 6.19.